The molecule has 1 fully saturated rings. The number of hydrogen-bond donors (Lipinski definition) is 3. The van der Waals surface area contributed by atoms with Gasteiger partial charge < -0.3 is 24.8 Å². The molecule has 1 atom stereocenters. The summed E-state index contributed by atoms with van der Waals surface area (Å²) in [5.74, 6) is 0.403. The predicted molar refractivity (Wildman–Crippen MR) is 135 cm³/mol. The molecule has 0 saturated heterocycles. The molecule has 1 unspecified atom stereocenters. The Morgan fingerprint density at radius 3 is 2.69 bits per heavy atom. The number of ether oxygens (including phenoxy) is 1. The molecule has 0 aliphatic heterocycles. The van der Waals surface area contributed by atoms with Crippen molar-refractivity contribution in [2.45, 2.75) is 18.9 Å². The summed E-state index contributed by atoms with van der Waals surface area (Å²) in [6.07, 6.45) is 4.23. The number of nitrogens with zero attached hydrogens (tertiary/aromatic N) is 2. The molecule has 0 bridgehead atoms. The molecule has 1 aliphatic rings. The third-order valence-electron chi connectivity index (χ3n) is 6.94. The van der Waals surface area contributed by atoms with E-state index in [1.54, 1.807) is 26.4 Å². The summed E-state index contributed by atoms with van der Waals surface area (Å²) >= 11 is 0. The summed E-state index contributed by atoms with van der Waals surface area (Å²) in [6, 6.07) is 17.2. The predicted octanol–water partition coefficient (Wildman–Crippen LogP) is 4.17. The lowest BCUT2D eigenvalue weighted by Crippen LogP contribution is -2.37. The smallest absolute Gasteiger partial charge is 0.255 e. The van der Waals surface area contributed by atoms with Gasteiger partial charge in [0.2, 0.25) is 0 Å². The molecule has 35 heavy (non-hydrogen) atoms. The molecule has 1 saturated carbocycles. The molecule has 0 spiro atoms. The molecule has 2 aromatic heterocycles. The molecular formula is C28H29N3O4. The Kier molecular flexibility index (Phi) is 6.05. The van der Waals surface area contributed by atoms with E-state index in [9.17, 15) is 15.0 Å². The number of aliphatic hydroxyl groups is 2. The SMILES string of the molecule is COc1ccccc1-c1c[nH]c2ncc(-c3cccc(C(O)C(=O)N(C)CC4(CO)CC4)c3)cc12. The van der Waals surface area contributed by atoms with Crippen molar-refractivity contribution in [1.82, 2.24) is 14.9 Å². The lowest BCUT2D eigenvalue weighted by atomic mass is 9.98. The summed E-state index contributed by atoms with van der Waals surface area (Å²) in [6.45, 7) is 0.501. The highest BCUT2D eigenvalue weighted by Crippen LogP contribution is 2.45. The number of carbonyl (C=O) groups is 1. The number of para-hydroxylation sites is 1. The zero-order valence-corrected chi connectivity index (χ0v) is 19.9. The third-order valence-corrected chi connectivity index (χ3v) is 6.94. The number of aliphatic hydroxyl groups excluding tert-OH is 2. The van der Waals surface area contributed by atoms with Crippen LogP contribution in [0.15, 0.2) is 67.0 Å². The minimum absolute atomic E-state index is 0.0572. The first-order valence-corrected chi connectivity index (χ1v) is 11.7. The first kappa shape index (κ1) is 23.1. The van der Waals surface area contributed by atoms with Gasteiger partial charge in [0.1, 0.15) is 11.4 Å². The fourth-order valence-electron chi connectivity index (χ4n) is 4.61. The van der Waals surface area contributed by atoms with Gasteiger partial charge in [0.25, 0.3) is 5.91 Å². The fourth-order valence-corrected chi connectivity index (χ4v) is 4.61. The number of carbonyl (C=O) groups excluding carboxylic acids is 1. The van der Waals surface area contributed by atoms with Crippen molar-refractivity contribution in [3.05, 3.63) is 72.6 Å². The lowest BCUT2D eigenvalue weighted by molar-refractivity contribution is -0.140. The topological polar surface area (TPSA) is 98.7 Å². The number of benzene rings is 2. The maximum absolute atomic E-state index is 12.9. The number of aromatic amines is 1. The van der Waals surface area contributed by atoms with Gasteiger partial charge >= 0.3 is 0 Å². The maximum atomic E-state index is 12.9. The molecular weight excluding hydrogens is 442 g/mol. The largest absolute Gasteiger partial charge is 0.496 e. The van der Waals surface area contributed by atoms with Crippen LogP contribution in [0.25, 0.3) is 33.3 Å². The van der Waals surface area contributed by atoms with E-state index < -0.39 is 6.10 Å². The summed E-state index contributed by atoms with van der Waals surface area (Å²) in [5.41, 5.74) is 4.76. The van der Waals surface area contributed by atoms with Gasteiger partial charge in [0.15, 0.2) is 6.10 Å². The van der Waals surface area contributed by atoms with Crippen molar-refractivity contribution >= 4 is 16.9 Å². The highest BCUT2D eigenvalue weighted by atomic mass is 16.5. The van der Waals surface area contributed by atoms with Crippen LogP contribution in [0.4, 0.5) is 0 Å². The number of hydrogen-bond acceptors (Lipinski definition) is 5. The second kappa shape index (κ2) is 9.17. The molecule has 7 heteroatoms. The zero-order valence-electron chi connectivity index (χ0n) is 19.9. The molecule has 3 N–H and O–H groups in total. The number of amides is 1. The summed E-state index contributed by atoms with van der Waals surface area (Å²) in [5, 5.41) is 21.3. The average Bonchev–Trinajstić information content (AvgIpc) is 3.55. The van der Waals surface area contributed by atoms with E-state index in [2.05, 4.69) is 16.0 Å². The van der Waals surface area contributed by atoms with Crippen LogP contribution in [0.3, 0.4) is 0 Å². The summed E-state index contributed by atoms with van der Waals surface area (Å²) in [4.78, 5) is 22.2. The van der Waals surface area contributed by atoms with Gasteiger partial charge in [-0.2, -0.15) is 0 Å². The van der Waals surface area contributed by atoms with E-state index in [1.807, 2.05) is 48.7 Å². The molecule has 5 rings (SSSR count). The van der Waals surface area contributed by atoms with Crippen molar-refractivity contribution in [2.24, 2.45) is 5.41 Å². The second-order valence-corrected chi connectivity index (χ2v) is 9.40. The molecule has 0 radical (unpaired) electrons. The zero-order chi connectivity index (χ0) is 24.6. The van der Waals surface area contributed by atoms with E-state index >= 15 is 0 Å². The van der Waals surface area contributed by atoms with Crippen LogP contribution < -0.4 is 4.74 Å². The van der Waals surface area contributed by atoms with Crippen molar-refractivity contribution in [3.63, 3.8) is 0 Å². The van der Waals surface area contributed by atoms with Crippen molar-refractivity contribution < 1.29 is 19.7 Å². The van der Waals surface area contributed by atoms with Crippen LogP contribution in [0.2, 0.25) is 0 Å². The van der Waals surface area contributed by atoms with E-state index in [0.717, 1.165) is 51.9 Å². The van der Waals surface area contributed by atoms with Crippen LogP contribution in [-0.2, 0) is 4.79 Å². The average molecular weight is 472 g/mol. The van der Waals surface area contributed by atoms with Crippen LogP contribution >= 0.6 is 0 Å². The Hall–Kier alpha value is -3.68. The van der Waals surface area contributed by atoms with Crippen molar-refractivity contribution in [2.75, 3.05) is 27.3 Å². The molecule has 1 amide bonds. The highest BCUT2D eigenvalue weighted by Gasteiger charge is 2.44. The van der Waals surface area contributed by atoms with Crippen LogP contribution in [0.1, 0.15) is 24.5 Å². The van der Waals surface area contributed by atoms with Gasteiger partial charge in [-0.05, 0) is 42.2 Å². The lowest BCUT2D eigenvalue weighted by Gasteiger charge is -2.25. The van der Waals surface area contributed by atoms with Crippen molar-refractivity contribution in [1.29, 1.82) is 0 Å². The number of H-pyrrole nitrogens is 1. The second-order valence-electron chi connectivity index (χ2n) is 9.40. The van der Waals surface area contributed by atoms with E-state index in [4.69, 9.17) is 4.74 Å². The Balaban J connectivity index is 1.44. The van der Waals surface area contributed by atoms with Gasteiger partial charge in [-0.1, -0.05) is 36.4 Å². The Bertz CT molecular complexity index is 1380. The number of fused-ring (bicyclic) bond motifs is 1. The van der Waals surface area contributed by atoms with E-state index in [-0.39, 0.29) is 17.9 Å². The van der Waals surface area contributed by atoms with Crippen LogP contribution in [0, 0.1) is 5.41 Å². The van der Waals surface area contributed by atoms with Gasteiger partial charge in [0, 0.05) is 53.5 Å². The van der Waals surface area contributed by atoms with E-state index in [0.29, 0.717) is 12.1 Å². The fraction of sp³-hybridized carbons (Fsp3) is 0.286. The minimum atomic E-state index is -1.28. The van der Waals surface area contributed by atoms with Gasteiger partial charge in [-0.15, -0.1) is 0 Å². The third kappa shape index (κ3) is 4.40. The number of nitrogens with one attached hydrogen (secondary N) is 1. The van der Waals surface area contributed by atoms with Crippen LogP contribution in [0.5, 0.6) is 5.75 Å². The normalized spacial score (nSPS) is 15.1. The molecule has 7 nitrogen and oxygen atoms in total. The number of likely N-dealkylation sites (N-methyl/N-ethyl adjacent to an activating group) is 1. The monoisotopic (exact) mass is 471 g/mol. The highest BCUT2D eigenvalue weighted by molar-refractivity contribution is 5.97. The molecule has 180 valence electrons. The van der Waals surface area contributed by atoms with Gasteiger partial charge in [-0.25, -0.2) is 4.98 Å². The summed E-state index contributed by atoms with van der Waals surface area (Å²) < 4.78 is 5.55. The first-order chi connectivity index (χ1) is 16.9. The standard InChI is InChI=1S/C28H29N3O4/c1-31(16-28(17-32)10-11-28)27(34)25(33)19-7-5-6-18(12-19)20-13-22-23(15-30-26(22)29-14-20)21-8-3-4-9-24(21)35-2/h3-9,12-15,25,32-33H,10-11,16-17H2,1-2H3,(H,29,30). The molecule has 1 aliphatic carbocycles. The Labute approximate surface area is 204 Å². The quantitative estimate of drug-likeness (QED) is 0.358. The molecule has 2 heterocycles. The van der Waals surface area contributed by atoms with Gasteiger partial charge in [-0.3, -0.25) is 4.79 Å². The number of pyridine rings is 1. The number of rotatable bonds is 8. The Morgan fingerprint density at radius 2 is 1.94 bits per heavy atom. The Morgan fingerprint density at radius 1 is 1.14 bits per heavy atom. The van der Waals surface area contributed by atoms with Crippen molar-refractivity contribution in [3.8, 4) is 28.0 Å². The minimum Gasteiger partial charge on any atom is -0.496 e. The maximum Gasteiger partial charge on any atom is 0.255 e. The summed E-state index contributed by atoms with van der Waals surface area (Å²) in [7, 11) is 3.33. The van der Waals surface area contributed by atoms with E-state index in [1.165, 1.54) is 4.90 Å². The molecule has 4 aromatic rings. The molecule has 2 aromatic carbocycles. The van der Waals surface area contributed by atoms with Gasteiger partial charge in [0.05, 0.1) is 13.7 Å². The first-order valence-electron chi connectivity index (χ1n) is 11.7. The number of aromatic nitrogens is 2. The number of methoxy groups -OCH3 is 1. The van der Waals surface area contributed by atoms with Crippen LogP contribution in [-0.4, -0.2) is 58.3 Å².